The molecule has 4 nitrogen and oxygen atoms in total. The fourth-order valence-corrected chi connectivity index (χ4v) is 3.57. The van der Waals surface area contributed by atoms with Crippen molar-refractivity contribution < 1.29 is 4.79 Å². The SMILES string of the molecule is Cc1nc(CC(=O)NCc2cccc(CN3CCCC3)c2)cs1. The van der Waals surface area contributed by atoms with Crippen LogP contribution in [0.2, 0.25) is 0 Å². The van der Waals surface area contributed by atoms with Gasteiger partial charge in [0, 0.05) is 18.5 Å². The number of rotatable bonds is 6. The second kappa shape index (κ2) is 7.70. The van der Waals surface area contributed by atoms with Crippen molar-refractivity contribution in [1.29, 1.82) is 0 Å². The lowest BCUT2D eigenvalue weighted by Gasteiger charge is -2.15. The quantitative estimate of drug-likeness (QED) is 0.886. The minimum absolute atomic E-state index is 0.0280. The molecule has 1 aromatic heterocycles. The third-order valence-electron chi connectivity index (χ3n) is 4.09. The molecule has 1 aliphatic rings. The van der Waals surface area contributed by atoms with Crippen LogP contribution in [0.25, 0.3) is 0 Å². The van der Waals surface area contributed by atoms with E-state index in [9.17, 15) is 4.79 Å². The molecule has 5 heteroatoms. The van der Waals surface area contributed by atoms with Gasteiger partial charge in [-0.1, -0.05) is 24.3 Å². The van der Waals surface area contributed by atoms with Gasteiger partial charge in [-0.15, -0.1) is 11.3 Å². The molecule has 0 spiro atoms. The number of aryl methyl sites for hydroxylation is 1. The second-order valence-electron chi connectivity index (χ2n) is 6.11. The molecule has 0 radical (unpaired) electrons. The first kappa shape index (κ1) is 16.1. The van der Waals surface area contributed by atoms with Crippen molar-refractivity contribution in [2.45, 2.75) is 39.3 Å². The van der Waals surface area contributed by atoms with Crippen LogP contribution in [0.4, 0.5) is 0 Å². The number of aromatic nitrogens is 1. The number of nitrogens with one attached hydrogen (secondary N) is 1. The zero-order valence-corrected chi connectivity index (χ0v) is 14.4. The lowest BCUT2D eigenvalue weighted by atomic mass is 10.1. The maximum atomic E-state index is 12.0. The third-order valence-corrected chi connectivity index (χ3v) is 4.92. The summed E-state index contributed by atoms with van der Waals surface area (Å²) in [7, 11) is 0. The highest BCUT2D eigenvalue weighted by Crippen LogP contribution is 2.14. The summed E-state index contributed by atoms with van der Waals surface area (Å²) in [6.07, 6.45) is 2.98. The average molecular weight is 329 g/mol. The molecule has 3 rings (SSSR count). The molecule has 2 heterocycles. The van der Waals surface area contributed by atoms with Gasteiger partial charge in [-0.2, -0.15) is 0 Å². The number of carbonyl (C=O) groups excluding carboxylic acids is 1. The summed E-state index contributed by atoms with van der Waals surface area (Å²) in [5, 5.41) is 5.94. The largest absolute Gasteiger partial charge is 0.352 e. The molecule has 23 heavy (non-hydrogen) atoms. The lowest BCUT2D eigenvalue weighted by molar-refractivity contribution is -0.120. The Hall–Kier alpha value is -1.72. The number of likely N-dealkylation sites (tertiary alicyclic amines) is 1. The van der Waals surface area contributed by atoms with Gasteiger partial charge in [0.2, 0.25) is 5.91 Å². The van der Waals surface area contributed by atoms with Crippen LogP contribution in [0.3, 0.4) is 0 Å². The average Bonchev–Trinajstić information content (AvgIpc) is 3.18. The number of carbonyl (C=O) groups is 1. The molecule has 122 valence electrons. The highest BCUT2D eigenvalue weighted by Gasteiger charge is 2.12. The van der Waals surface area contributed by atoms with E-state index >= 15 is 0 Å². The van der Waals surface area contributed by atoms with Gasteiger partial charge in [-0.3, -0.25) is 9.69 Å². The number of thiazole rings is 1. The lowest BCUT2D eigenvalue weighted by Crippen LogP contribution is -2.25. The van der Waals surface area contributed by atoms with E-state index in [0.29, 0.717) is 13.0 Å². The first-order valence-electron chi connectivity index (χ1n) is 8.17. The summed E-state index contributed by atoms with van der Waals surface area (Å²) in [5.41, 5.74) is 3.34. The predicted octanol–water partition coefficient (Wildman–Crippen LogP) is 2.91. The van der Waals surface area contributed by atoms with Gasteiger partial charge in [0.05, 0.1) is 17.1 Å². The summed E-state index contributed by atoms with van der Waals surface area (Å²) in [4.78, 5) is 18.8. The van der Waals surface area contributed by atoms with E-state index in [4.69, 9.17) is 0 Å². The summed E-state index contributed by atoms with van der Waals surface area (Å²) >= 11 is 1.58. The number of amides is 1. The Balaban J connectivity index is 1.50. The summed E-state index contributed by atoms with van der Waals surface area (Å²) in [6.45, 7) is 5.95. The van der Waals surface area contributed by atoms with Crippen LogP contribution in [0.15, 0.2) is 29.6 Å². The van der Waals surface area contributed by atoms with Crippen LogP contribution in [0.1, 0.15) is 34.7 Å². The van der Waals surface area contributed by atoms with E-state index in [1.54, 1.807) is 11.3 Å². The fraction of sp³-hybridized carbons (Fsp3) is 0.444. The van der Waals surface area contributed by atoms with Crippen molar-refractivity contribution in [3.05, 3.63) is 51.5 Å². The maximum absolute atomic E-state index is 12.0. The molecular formula is C18H23N3OS. The summed E-state index contributed by atoms with van der Waals surface area (Å²) in [6, 6.07) is 8.52. The molecule has 1 aromatic carbocycles. The van der Waals surface area contributed by atoms with E-state index in [0.717, 1.165) is 22.8 Å². The van der Waals surface area contributed by atoms with Crippen LogP contribution >= 0.6 is 11.3 Å². The second-order valence-corrected chi connectivity index (χ2v) is 7.18. The molecular weight excluding hydrogens is 306 g/mol. The van der Waals surface area contributed by atoms with Crippen LogP contribution in [0.5, 0.6) is 0 Å². The van der Waals surface area contributed by atoms with Crippen molar-refractivity contribution in [3.8, 4) is 0 Å². The zero-order valence-electron chi connectivity index (χ0n) is 13.5. The van der Waals surface area contributed by atoms with Gasteiger partial charge in [-0.05, 0) is 44.0 Å². The Bertz CT molecular complexity index is 662. The van der Waals surface area contributed by atoms with Crippen LogP contribution in [0, 0.1) is 6.92 Å². The van der Waals surface area contributed by atoms with Crippen molar-refractivity contribution >= 4 is 17.2 Å². The molecule has 0 unspecified atom stereocenters. The van der Waals surface area contributed by atoms with Crippen LogP contribution in [-0.2, 0) is 24.3 Å². The molecule has 2 aromatic rings. The molecule has 0 bridgehead atoms. The van der Waals surface area contributed by atoms with Gasteiger partial charge in [0.25, 0.3) is 0 Å². The standard InChI is InChI=1S/C18H23N3OS/c1-14-20-17(13-23-14)10-18(22)19-11-15-5-4-6-16(9-15)12-21-7-2-3-8-21/h4-6,9,13H,2-3,7-8,10-12H2,1H3,(H,19,22). The van der Waals surface area contributed by atoms with Gasteiger partial charge in [0.1, 0.15) is 0 Å². The molecule has 1 saturated heterocycles. The number of benzene rings is 1. The molecule has 1 amide bonds. The first-order valence-corrected chi connectivity index (χ1v) is 9.05. The van der Waals surface area contributed by atoms with E-state index in [1.165, 1.54) is 31.5 Å². The molecule has 0 saturated carbocycles. The van der Waals surface area contributed by atoms with Crippen molar-refractivity contribution in [2.75, 3.05) is 13.1 Å². The molecule has 1 N–H and O–H groups in total. The fourth-order valence-electron chi connectivity index (χ4n) is 2.95. The summed E-state index contributed by atoms with van der Waals surface area (Å²) < 4.78 is 0. The minimum atomic E-state index is 0.0280. The van der Waals surface area contributed by atoms with Gasteiger partial charge < -0.3 is 5.32 Å². The maximum Gasteiger partial charge on any atom is 0.226 e. The smallest absolute Gasteiger partial charge is 0.226 e. The normalized spacial score (nSPS) is 15.0. The van der Waals surface area contributed by atoms with E-state index < -0.39 is 0 Å². The highest BCUT2D eigenvalue weighted by atomic mass is 32.1. The van der Waals surface area contributed by atoms with Crippen molar-refractivity contribution in [2.24, 2.45) is 0 Å². The number of hydrogen-bond acceptors (Lipinski definition) is 4. The van der Waals surface area contributed by atoms with Crippen molar-refractivity contribution in [1.82, 2.24) is 15.2 Å². The minimum Gasteiger partial charge on any atom is -0.352 e. The monoisotopic (exact) mass is 329 g/mol. The molecule has 1 aliphatic heterocycles. The number of nitrogens with zero attached hydrogens (tertiary/aromatic N) is 2. The van der Waals surface area contributed by atoms with E-state index in [1.807, 2.05) is 12.3 Å². The molecule has 1 fully saturated rings. The van der Waals surface area contributed by atoms with Gasteiger partial charge in [0.15, 0.2) is 0 Å². The van der Waals surface area contributed by atoms with E-state index in [2.05, 4.69) is 39.5 Å². The Morgan fingerprint density at radius 1 is 1.30 bits per heavy atom. The summed E-state index contributed by atoms with van der Waals surface area (Å²) in [5.74, 6) is 0.0280. The third kappa shape index (κ3) is 4.88. The topological polar surface area (TPSA) is 45.2 Å². The molecule has 0 atom stereocenters. The van der Waals surface area contributed by atoms with Gasteiger partial charge in [-0.25, -0.2) is 4.98 Å². The Morgan fingerprint density at radius 2 is 2.09 bits per heavy atom. The van der Waals surface area contributed by atoms with Crippen LogP contribution < -0.4 is 5.32 Å². The highest BCUT2D eigenvalue weighted by molar-refractivity contribution is 7.09. The Kier molecular flexibility index (Phi) is 5.41. The van der Waals surface area contributed by atoms with Crippen molar-refractivity contribution in [3.63, 3.8) is 0 Å². The molecule has 0 aliphatic carbocycles. The zero-order chi connectivity index (χ0) is 16.1. The van der Waals surface area contributed by atoms with Gasteiger partial charge >= 0.3 is 0 Å². The predicted molar refractivity (Wildman–Crippen MR) is 93.4 cm³/mol. The Morgan fingerprint density at radius 3 is 2.83 bits per heavy atom. The van der Waals surface area contributed by atoms with Crippen LogP contribution in [-0.4, -0.2) is 28.9 Å². The Labute approximate surface area is 141 Å². The first-order chi connectivity index (χ1) is 11.2. The number of hydrogen-bond donors (Lipinski definition) is 1. The van der Waals surface area contributed by atoms with E-state index in [-0.39, 0.29) is 5.91 Å².